The number of aromatic nitrogens is 2. The van der Waals surface area contributed by atoms with Crippen LogP contribution in [0, 0.1) is 0 Å². The van der Waals surface area contributed by atoms with E-state index in [1.54, 1.807) is 16.9 Å². The number of hydrogen-bond donors (Lipinski definition) is 1. The Balaban J connectivity index is 1.57. The van der Waals surface area contributed by atoms with Gasteiger partial charge in [0.25, 0.3) is 0 Å². The fourth-order valence-corrected chi connectivity index (χ4v) is 3.29. The Kier molecular flexibility index (Phi) is 3.91. The highest BCUT2D eigenvalue weighted by atomic mass is 16.2. The topological polar surface area (TPSA) is 67.4 Å². The largest absolute Gasteiger partial charge is 0.382 e. The van der Waals surface area contributed by atoms with Gasteiger partial charge in [-0.15, -0.1) is 0 Å². The summed E-state index contributed by atoms with van der Waals surface area (Å²) in [6.07, 6.45) is 6.69. The number of nitrogen functional groups attached to an aromatic ring is 1. The van der Waals surface area contributed by atoms with Crippen LogP contribution in [0.5, 0.6) is 0 Å². The van der Waals surface area contributed by atoms with Gasteiger partial charge in [-0.25, -0.2) is 0 Å². The molecule has 1 atom stereocenters. The Bertz CT molecular complexity index is 466. The van der Waals surface area contributed by atoms with Crippen LogP contribution >= 0.6 is 0 Å². The highest BCUT2D eigenvalue weighted by Gasteiger charge is 2.29. The number of rotatable bonds is 3. The van der Waals surface area contributed by atoms with E-state index in [4.69, 9.17) is 5.73 Å². The van der Waals surface area contributed by atoms with Gasteiger partial charge in [0.15, 0.2) is 0 Å². The van der Waals surface area contributed by atoms with Gasteiger partial charge in [-0.2, -0.15) is 5.10 Å². The molecule has 2 saturated heterocycles. The summed E-state index contributed by atoms with van der Waals surface area (Å²) >= 11 is 0. The van der Waals surface area contributed by atoms with Crippen LogP contribution in [-0.4, -0.2) is 57.7 Å². The van der Waals surface area contributed by atoms with Gasteiger partial charge in [0, 0.05) is 25.3 Å². The molecule has 6 heteroatoms. The summed E-state index contributed by atoms with van der Waals surface area (Å²) in [6, 6.07) is 2.27. The minimum Gasteiger partial charge on any atom is -0.382 e. The zero-order chi connectivity index (χ0) is 13.9. The second-order valence-electron chi connectivity index (χ2n) is 5.82. The molecule has 0 bridgehead atoms. The average Bonchev–Trinajstić information content (AvgIpc) is 3.11. The summed E-state index contributed by atoms with van der Waals surface area (Å²) < 4.78 is 1.62. The zero-order valence-electron chi connectivity index (χ0n) is 11.9. The number of nitrogens with zero attached hydrogens (tertiary/aromatic N) is 4. The molecule has 1 aromatic heterocycles. The van der Waals surface area contributed by atoms with Crippen LogP contribution in [0.1, 0.15) is 25.7 Å². The first-order valence-electron chi connectivity index (χ1n) is 7.53. The molecule has 1 unspecified atom stereocenters. The summed E-state index contributed by atoms with van der Waals surface area (Å²) in [5.74, 6) is 0.614. The monoisotopic (exact) mass is 277 g/mol. The van der Waals surface area contributed by atoms with E-state index in [1.165, 1.54) is 32.4 Å². The van der Waals surface area contributed by atoms with Gasteiger partial charge in [0.05, 0.1) is 0 Å². The number of nitrogens with two attached hydrogens (primary N) is 1. The molecule has 2 aliphatic heterocycles. The molecule has 1 aromatic rings. The van der Waals surface area contributed by atoms with Gasteiger partial charge >= 0.3 is 0 Å². The van der Waals surface area contributed by atoms with Crippen LogP contribution in [0.2, 0.25) is 0 Å². The number of likely N-dealkylation sites (tertiary alicyclic amines) is 2. The number of anilines is 1. The predicted molar refractivity (Wildman–Crippen MR) is 77.0 cm³/mol. The number of carbonyl (C=O) groups is 1. The van der Waals surface area contributed by atoms with E-state index >= 15 is 0 Å². The van der Waals surface area contributed by atoms with Gasteiger partial charge in [-0.05, 0) is 44.8 Å². The van der Waals surface area contributed by atoms with Crippen LogP contribution in [-0.2, 0) is 11.3 Å². The molecule has 3 rings (SSSR count). The van der Waals surface area contributed by atoms with Gasteiger partial charge < -0.3 is 10.6 Å². The Hall–Kier alpha value is -1.56. The second-order valence-corrected chi connectivity index (χ2v) is 5.82. The first-order valence-corrected chi connectivity index (χ1v) is 7.53. The van der Waals surface area contributed by atoms with Crippen molar-refractivity contribution in [3.8, 4) is 0 Å². The molecule has 20 heavy (non-hydrogen) atoms. The third-order valence-electron chi connectivity index (χ3n) is 4.36. The quantitative estimate of drug-likeness (QED) is 0.876. The molecular formula is C14H23N5O. The van der Waals surface area contributed by atoms with Crippen molar-refractivity contribution in [2.24, 2.45) is 0 Å². The molecular weight excluding hydrogens is 254 g/mol. The van der Waals surface area contributed by atoms with Crippen molar-refractivity contribution in [3.05, 3.63) is 12.3 Å². The maximum absolute atomic E-state index is 12.3. The lowest BCUT2D eigenvalue weighted by Crippen LogP contribution is -2.49. The molecule has 2 aliphatic rings. The van der Waals surface area contributed by atoms with E-state index in [1.807, 2.05) is 4.90 Å². The maximum Gasteiger partial charge on any atom is 0.244 e. The van der Waals surface area contributed by atoms with E-state index < -0.39 is 0 Å². The molecule has 2 fully saturated rings. The summed E-state index contributed by atoms with van der Waals surface area (Å²) in [6.45, 7) is 4.43. The SMILES string of the molecule is Nc1ccn(CC(=O)N2CCCC(N3CCCC3)C2)n1. The fourth-order valence-electron chi connectivity index (χ4n) is 3.29. The minimum atomic E-state index is 0.150. The molecule has 0 aliphatic carbocycles. The molecule has 0 spiro atoms. The second kappa shape index (κ2) is 5.83. The highest BCUT2D eigenvalue weighted by Crippen LogP contribution is 2.20. The van der Waals surface area contributed by atoms with Crippen molar-refractivity contribution < 1.29 is 4.79 Å². The van der Waals surface area contributed by atoms with E-state index in [9.17, 15) is 4.79 Å². The molecule has 0 aromatic carbocycles. The average molecular weight is 277 g/mol. The van der Waals surface area contributed by atoms with Crippen LogP contribution in [0.15, 0.2) is 12.3 Å². The van der Waals surface area contributed by atoms with E-state index in [2.05, 4.69) is 10.00 Å². The van der Waals surface area contributed by atoms with E-state index in [0.717, 1.165) is 19.5 Å². The Labute approximate surface area is 119 Å². The number of amides is 1. The van der Waals surface area contributed by atoms with Gasteiger partial charge in [-0.1, -0.05) is 0 Å². The van der Waals surface area contributed by atoms with Crippen LogP contribution in [0.25, 0.3) is 0 Å². The van der Waals surface area contributed by atoms with Crippen molar-refractivity contribution >= 4 is 11.7 Å². The third kappa shape index (κ3) is 2.95. The lowest BCUT2D eigenvalue weighted by Gasteiger charge is -2.37. The van der Waals surface area contributed by atoms with Crippen molar-refractivity contribution in [3.63, 3.8) is 0 Å². The van der Waals surface area contributed by atoms with E-state index in [-0.39, 0.29) is 5.91 Å². The molecule has 110 valence electrons. The van der Waals surface area contributed by atoms with Crippen molar-refractivity contribution in [2.45, 2.75) is 38.3 Å². The fraction of sp³-hybridized carbons (Fsp3) is 0.714. The maximum atomic E-state index is 12.3. The first kappa shape index (κ1) is 13.4. The van der Waals surface area contributed by atoms with E-state index in [0.29, 0.717) is 18.4 Å². The number of carbonyl (C=O) groups excluding carboxylic acids is 1. The molecule has 1 amide bonds. The number of hydrogen-bond acceptors (Lipinski definition) is 4. The standard InChI is InChI=1S/C14H23N5O/c15-13-5-9-19(16-13)11-14(20)18-8-3-4-12(10-18)17-6-1-2-7-17/h5,9,12H,1-4,6-8,10-11H2,(H2,15,16). The van der Waals surface area contributed by atoms with Gasteiger partial charge in [0.2, 0.25) is 5.91 Å². The lowest BCUT2D eigenvalue weighted by molar-refractivity contribution is -0.134. The molecule has 2 N–H and O–H groups in total. The lowest BCUT2D eigenvalue weighted by atomic mass is 10.0. The summed E-state index contributed by atoms with van der Waals surface area (Å²) in [7, 11) is 0. The smallest absolute Gasteiger partial charge is 0.244 e. The summed E-state index contributed by atoms with van der Waals surface area (Å²) in [5.41, 5.74) is 5.57. The van der Waals surface area contributed by atoms with Crippen molar-refractivity contribution in [2.75, 3.05) is 31.9 Å². The number of piperidine rings is 1. The minimum absolute atomic E-state index is 0.150. The van der Waals surface area contributed by atoms with Gasteiger partial charge in [-0.3, -0.25) is 14.4 Å². The zero-order valence-corrected chi connectivity index (χ0v) is 11.9. The Morgan fingerprint density at radius 2 is 2.10 bits per heavy atom. The molecule has 0 saturated carbocycles. The normalized spacial score (nSPS) is 24.2. The molecule has 0 radical (unpaired) electrons. The third-order valence-corrected chi connectivity index (χ3v) is 4.36. The van der Waals surface area contributed by atoms with Gasteiger partial charge in [0.1, 0.15) is 12.4 Å². The van der Waals surface area contributed by atoms with Crippen LogP contribution < -0.4 is 5.73 Å². The first-order chi connectivity index (χ1) is 9.72. The Morgan fingerprint density at radius 3 is 2.80 bits per heavy atom. The summed E-state index contributed by atoms with van der Waals surface area (Å²) in [5, 5.41) is 4.08. The van der Waals surface area contributed by atoms with Crippen molar-refractivity contribution in [1.29, 1.82) is 0 Å². The van der Waals surface area contributed by atoms with Crippen molar-refractivity contribution in [1.82, 2.24) is 19.6 Å². The predicted octanol–water partition coefficient (Wildman–Crippen LogP) is 0.552. The highest BCUT2D eigenvalue weighted by molar-refractivity contribution is 5.76. The molecule has 3 heterocycles. The molecule has 6 nitrogen and oxygen atoms in total. The van der Waals surface area contributed by atoms with Crippen LogP contribution in [0.3, 0.4) is 0 Å². The Morgan fingerprint density at radius 1 is 1.30 bits per heavy atom. The van der Waals surface area contributed by atoms with Crippen LogP contribution in [0.4, 0.5) is 5.82 Å². The summed E-state index contributed by atoms with van der Waals surface area (Å²) in [4.78, 5) is 16.9.